The van der Waals surface area contributed by atoms with Crippen LogP contribution >= 0.6 is 0 Å². The van der Waals surface area contributed by atoms with Crippen LogP contribution in [0.15, 0.2) is 36.9 Å². The summed E-state index contributed by atoms with van der Waals surface area (Å²) in [6.07, 6.45) is 4.99. The molecule has 7 heteroatoms. The van der Waals surface area contributed by atoms with Crippen molar-refractivity contribution in [1.29, 1.82) is 0 Å². The SMILES string of the molecule is CN(C)c1cccc2[nH]nc(NC(=O)Cn3ccnc3)c12. The van der Waals surface area contributed by atoms with Gasteiger partial charge in [0.2, 0.25) is 5.91 Å². The quantitative estimate of drug-likeness (QED) is 0.760. The number of nitrogens with one attached hydrogen (secondary N) is 2. The predicted molar refractivity (Wildman–Crippen MR) is 81.3 cm³/mol. The zero-order valence-corrected chi connectivity index (χ0v) is 11.9. The van der Waals surface area contributed by atoms with Crippen LogP contribution in [0.3, 0.4) is 0 Å². The lowest BCUT2D eigenvalue weighted by Gasteiger charge is -2.14. The van der Waals surface area contributed by atoms with Crippen LogP contribution in [0.2, 0.25) is 0 Å². The normalized spacial score (nSPS) is 10.8. The fraction of sp³-hybridized carbons (Fsp3) is 0.214. The number of benzene rings is 1. The van der Waals surface area contributed by atoms with Crippen molar-refractivity contribution in [2.24, 2.45) is 0 Å². The summed E-state index contributed by atoms with van der Waals surface area (Å²) >= 11 is 0. The first-order valence-corrected chi connectivity index (χ1v) is 6.55. The maximum absolute atomic E-state index is 12.1. The number of hydrogen-bond donors (Lipinski definition) is 2. The molecule has 2 heterocycles. The number of amides is 1. The predicted octanol–water partition coefficient (Wildman–Crippen LogP) is 1.46. The Morgan fingerprint density at radius 3 is 3.00 bits per heavy atom. The molecule has 3 rings (SSSR count). The van der Waals surface area contributed by atoms with Gasteiger partial charge in [-0.1, -0.05) is 6.07 Å². The van der Waals surface area contributed by atoms with E-state index in [1.165, 1.54) is 0 Å². The second-order valence-corrected chi connectivity index (χ2v) is 4.95. The number of aromatic nitrogens is 4. The summed E-state index contributed by atoms with van der Waals surface area (Å²) in [5, 5.41) is 10.9. The fourth-order valence-electron chi connectivity index (χ4n) is 2.23. The van der Waals surface area contributed by atoms with Gasteiger partial charge in [-0.2, -0.15) is 5.10 Å². The Labute approximate surface area is 121 Å². The van der Waals surface area contributed by atoms with Crippen LogP contribution in [-0.4, -0.2) is 39.8 Å². The molecule has 1 amide bonds. The van der Waals surface area contributed by atoms with E-state index in [-0.39, 0.29) is 12.5 Å². The molecule has 0 aliphatic carbocycles. The van der Waals surface area contributed by atoms with Crippen molar-refractivity contribution >= 4 is 28.3 Å². The molecule has 2 aromatic heterocycles. The third kappa shape index (κ3) is 2.58. The molecule has 0 aliphatic rings. The molecule has 0 atom stereocenters. The number of anilines is 2. The number of H-pyrrole nitrogens is 1. The van der Waals surface area contributed by atoms with Crippen molar-refractivity contribution in [1.82, 2.24) is 19.7 Å². The maximum atomic E-state index is 12.1. The highest BCUT2D eigenvalue weighted by Gasteiger charge is 2.14. The van der Waals surface area contributed by atoms with E-state index < -0.39 is 0 Å². The highest BCUT2D eigenvalue weighted by atomic mass is 16.2. The third-order valence-electron chi connectivity index (χ3n) is 3.19. The Morgan fingerprint density at radius 2 is 2.29 bits per heavy atom. The Kier molecular flexibility index (Phi) is 3.31. The lowest BCUT2D eigenvalue weighted by molar-refractivity contribution is -0.116. The van der Waals surface area contributed by atoms with Crippen LogP contribution in [0, 0.1) is 0 Å². The third-order valence-corrected chi connectivity index (χ3v) is 3.19. The van der Waals surface area contributed by atoms with Crippen molar-refractivity contribution in [3.8, 4) is 0 Å². The van der Waals surface area contributed by atoms with Gasteiger partial charge in [0, 0.05) is 32.2 Å². The van der Waals surface area contributed by atoms with E-state index in [1.807, 2.05) is 37.2 Å². The van der Waals surface area contributed by atoms with E-state index in [0.29, 0.717) is 5.82 Å². The molecule has 0 fully saturated rings. The number of carbonyl (C=O) groups excluding carboxylic acids is 1. The Bertz CT molecular complexity index is 759. The average Bonchev–Trinajstić information content (AvgIpc) is 3.08. The Hall–Kier alpha value is -2.83. The van der Waals surface area contributed by atoms with Gasteiger partial charge in [0.05, 0.1) is 17.2 Å². The Morgan fingerprint density at radius 1 is 1.43 bits per heavy atom. The van der Waals surface area contributed by atoms with Crippen LogP contribution in [0.5, 0.6) is 0 Å². The van der Waals surface area contributed by atoms with Gasteiger partial charge >= 0.3 is 0 Å². The minimum absolute atomic E-state index is 0.144. The average molecular weight is 284 g/mol. The molecular weight excluding hydrogens is 268 g/mol. The van der Waals surface area contributed by atoms with Gasteiger partial charge in [-0.25, -0.2) is 4.98 Å². The van der Waals surface area contributed by atoms with E-state index >= 15 is 0 Å². The molecule has 0 saturated carbocycles. The molecule has 3 aromatic rings. The van der Waals surface area contributed by atoms with Gasteiger partial charge in [-0.05, 0) is 12.1 Å². The molecule has 0 saturated heterocycles. The summed E-state index contributed by atoms with van der Waals surface area (Å²) in [4.78, 5) is 18.0. The van der Waals surface area contributed by atoms with Gasteiger partial charge in [0.15, 0.2) is 5.82 Å². The first-order valence-electron chi connectivity index (χ1n) is 6.55. The number of carbonyl (C=O) groups is 1. The van der Waals surface area contributed by atoms with Crippen LogP contribution in [0.25, 0.3) is 10.9 Å². The van der Waals surface area contributed by atoms with Gasteiger partial charge in [-0.3, -0.25) is 9.89 Å². The largest absolute Gasteiger partial charge is 0.377 e. The zero-order chi connectivity index (χ0) is 14.8. The van der Waals surface area contributed by atoms with Gasteiger partial charge < -0.3 is 14.8 Å². The standard InChI is InChI=1S/C14H16N6O/c1-19(2)11-5-3-4-10-13(11)14(18-17-10)16-12(21)8-20-7-6-15-9-20/h3-7,9H,8H2,1-2H3,(H2,16,17,18,21). The second-order valence-electron chi connectivity index (χ2n) is 4.95. The van der Waals surface area contributed by atoms with E-state index in [4.69, 9.17) is 0 Å². The molecule has 0 radical (unpaired) electrons. The minimum Gasteiger partial charge on any atom is -0.377 e. The van der Waals surface area contributed by atoms with Crippen LogP contribution in [0.4, 0.5) is 11.5 Å². The minimum atomic E-state index is -0.144. The lowest BCUT2D eigenvalue weighted by Crippen LogP contribution is -2.18. The summed E-state index contributed by atoms with van der Waals surface area (Å²) in [5.74, 6) is 0.398. The van der Waals surface area contributed by atoms with Gasteiger partial charge in [0.25, 0.3) is 0 Å². The van der Waals surface area contributed by atoms with Gasteiger partial charge in [-0.15, -0.1) is 0 Å². The summed E-state index contributed by atoms with van der Waals surface area (Å²) in [6.45, 7) is 0.207. The van der Waals surface area contributed by atoms with E-state index in [0.717, 1.165) is 16.6 Å². The summed E-state index contributed by atoms with van der Waals surface area (Å²) in [7, 11) is 3.91. The number of imidazole rings is 1. The highest BCUT2D eigenvalue weighted by molar-refractivity contribution is 6.05. The van der Waals surface area contributed by atoms with Crippen LogP contribution < -0.4 is 10.2 Å². The molecule has 2 N–H and O–H groups in total. The molecule has 108 valence electrons. The van der Waals surface area contributed by atoms with Crippen molar-refractivity contribution in [2.75, 3.05) is 24.3 Å². The number of hydrogen-bond acceptors (Lipinski definition) is 4. The van der Waals surface area contributed by atoms with Crippen molar-refractivity contribution in [3.63, 3.8) is 0 Å². The molecule has 0 bridgehead atoms. The van der Waals surface area contributed by atoms with Gasteiger partial charge in [0.1, 0.15) is 6.54 Å². The highest BCUT2D eigenvalue weighted by Crippen LogP contribution is 2.30. The molecule has 0 unspecified atom stereocenters. The number of nitrogens with zero attached hydrogens (tertiary/aromatic N) is 4. The molecule has 7 nitrogen and oxygen atoms in total. The molecule has 0 aliphatic heterocycles. The first kappa shape index (κ1) is 13.2. The summed E-state index contributed by atoms with van der Waals surface area (Å²) in [6, 6.07) is 5.87. The van der Waals surface area contributed by atoms with E-state index in [1.54, 1.807) is 23.3 Å². The molecular formula is C14H16N6O. The number of rotatable bonds is 4. The zero-order valence-electron chi connectivity index (χ0n) is 11.9. The second kappa shape index (κ2) is 5.28. The summed E-state index contributed by atoms with van der Waals surface area (Å²) < 4.78 is 1.71. The summed E-state index contributed by atoms with van der Waals surface area (Å²) in [5.41, 5.74) is 1.89. The van der Waals surface area contributed by atoms with Crippen molar-refractivity contribution < 1.29 is 4.79 Å². The Balaban J connectivity index is 1.88. The van der Waals surface area contributed by atoms with Crippen LogP contribution in [0.1, 0.15) is 0 Å². The monoisotopic (exact) mass is 284 g/mol. The molecule has 21 heavy (non-hydrogen) atoms. The van der Waals surface area contributed by atoms with E-state index in [9.17, 15) is 4.79 Å². The van der Waals surface area contributed by atoms with Crippen LogP contribution in [-0.2, 0) is 11.3 Å². The van der Waals surface area contributed by atoms with Crippen molar-refractivity contribution in [3.05, 3.63) is 36.9 Å². The smallest absolute Gasteiger partial charge is 0.245 e. The molecule has 0 spiro atoms. The number of aromatic amines is 1. The fourth-order valence-corrected chi connectivity index (χ4v) is 2.23. The van der Waals surface area contributed by atoms with E-state index in [2.05, 4.69) is 20.5 Å². The first-order chi connectivity index (χ1) is 10.1. The maximum Gasteiger partial charge on any atom is 0.245 e. The van der Waals surface area contributed by atoms with Crippen molar-refractivity contribution in [2.45, 2.75) is 6.54 Å². The molecule has 1 aromatic carbocycles. The number of fused-ring (bicyclic) bond motifs is 1. The topological polar surface area (TPSA) is 78.8 Å². The lowest BCUT2D eigenvalue weighted by atomic mass is 10.2.